The number of carbonyl (C=O) groups is 1. The molecule has 2 N–H and O–H groups in total. The van der Waals surface area contributed by atoms with Crippen LogP contribution in [-0.2, 0) is 4.79 Å². The molecule has 0 spiro atoms. The minimum atomic E-state index is -0.922. The highest BCUT2D eigenvalue weighted by Gasteiger charge is 2.26. The van der Waals surface area contributed by atoms with Gasteiger partial charge in [0.15, 0.2) is 6.04 Å². The number of rotatable bonds is 2. The first-order chi connectivity index (χ1) is 7.58. The zero-order valence-corrected chi connectivity index (χ0v) is 9.49. The molecule has 0 aromatic heterocycles. The summed E-state index contributed by atoms with van der Waals surface area (Å²) in [5.41, 5.74) is 1.57. The molecule has 1 aliphatic heterocycles. The fourth-order valence-corrected chi connectivity index (χ4v) is 2.53. The first-order valence-electron chi connectivity index (χ1n) is 4.81. The molecule has 0 saturated carbocycles. The van der Waals surface area contributed by atoms with Crippen LogP contribution in [0.5, 0.6) is 5.75 Å². The average molecular weight is 237 g/mol. The van der Waals surface area contributed by atoms with Crippen LogP contribution in [0.25, 0.3) is 0 Å². The van der Waals surface area contributed by atoms with E-state index in [4.69, 9.17) is 5.11 Å². The summed E-state index contributed by atoms with van der Waals surface area (Å²) in [4.78, 5) is 14.8. The number of thioether (sulfide) groups is 1. The van der Waals surface area contributed by atoms with Crippen LogP contribution in [0, 0.1) is 6.92 Å². The molecule has 5 heteroatoms. The highest BCUT2D eigenvalue weighted by Crippen LogP contribution is 2.29. The number of benzene rings is 1. The zero-order chi connectivity index (χ0) is 11.7. The van der Waals surface area contributed by atoms with Gasteiger partial charge in [-0.15, -0.1) is 11.8 Å². The summed E-state index contributed by atoms with van der Waals surface area (Å²) in [6.07, 6.45) is 0. The molecule has 1 aliphatic rings. The number of phenolic OH excluding ortho intramolecular Hbond substituents is 1. The van der Waals surface area contributed by atoms with Crippen molar-refractivity contribution in [3.8, 4) is 5.75 Å². The molecule has 4 nitrogen and oxygen atoms in total. The van der Waals surface area contributed by atoms with Crippen molar-refractivity contribution < 1.29 is 15.0 Å². The minimum absolute atomic E-state index is 0.150. The number of carboxylic acids is 1. The van der Waals surface area contributed by atoms with Crippen LogP contribution >= 0.6 is 11.8 Å². The number of aromatic hydroxyl groups is 1. The smallest absolute Gasteiger partial charge is 0.329 e. The van der Waals surface area contributed by atoms with E-state index in [9.17, 15) is 9.90 Å². The second kappa shape index (κ2) is 4.17. The van der Waals surface area contributed by atoms with Crippen molar-refractivity contribution >= 4 is 22.8 Å². The second-order valence-electron chi connectivity index (χ2n) is 3.62. The van der Waals surface area contributed by atoms with Gasteiger partial charge in [-0.3, -0.25) is 4.99 Å². The SMILES string of the molecule is Cc1ccc(C2=N[C@@H](C(=O)O)CS2)c(O)c1. The maximum Gasteiger partial charge on any atom is 0.329 e. The maximum atomic E-state index is 10.7. The van der Waals surface area contributed by atoms with Gasteiger partial charge in [0.05, 0.1) is 0 Å². The van der Waals surface area contributed by atoms with Gasteiger partial charge in [0.2, 0.25) is 0 Å². The maximum absolute atomic E-state index is 10.7. The number of hydrogen-bond acceptors (Lipinski definition) is 4. The number of nitrogens with zero attached hydrogens (tertiary/aromatic N) is 1. The highest BCUT2D eigenvalue weighted by atomic mass is 32.2. The molecule has 84 valence electrons. The quantitative estimate of drug-likeness (QED) is 0.820. The van der Waals surface area contributed by atoms with Gasteiger partial charge < -0.3 is 10.2 Å². The van der Waals surface area contributed by atoms with Crippen molar-refractivity contribution in [1.29, 1.82) is 0 Å². The number of aliphatic carboxylic acids is 1. The average Bonchev–Trinajstić information content (AvgIpc) is 2.66. The van der Waals surface area contributed by atoms with Gasteiger partial charge in [-0.1, -0.05) is 6.07 Å². The van der Waals surface area contributed by atoms with Gasteiger partial charge in [0.25, 0.3) is 0 Å². The second-order valence-corrected chi connectivity index (χ2v) is 4.63. The van der Waals surface area contributed by atoms with Gasteiger partial charge in [0.1, 0.15) is 10.8 Å². The molecule has 0 radical (unpaired) electrons. The summed E-state index contributed by atoms with van der Waals surface area (Å²) < 4.78 is 0. The normalized spacial score (nSPS) is 19.6. The van der Waals surface area contributed by atoms with Gasteiger partial charge in [-0.2, -0.15) is 0 Å². The Morgan fingerprint density at radius 2 is 2.31 bits per heavy atom. The standard InChI is InChI=1S/C11H11NO3S/c1-6-2-3-7(9(13)4-6)10-12-8(5-16-10)11(14)15/h2-4,8,13H,5H2,1H3,(H,14,15)/t8-/m1/s1. The zero-order valence-electron chi connectivity index (χ0n) is 8.67. The molecule has 2 rings (SSSR count). The van der Waals surface area contributed by atoms with E-state index in [2.05, 4.69) is 4.99 Å². The number of aliphatic imine (C=N–C) groups is 1. The Kier molecular flexibility index (Phi) is 2.87. The predicted octanol–water partition coefficient (Wildman–Crippen LogP) is 1.65. The third-order valence-corrected chi connectivity index (χ3v) is 3.40. The van der Waals surface area contributed by atoms with Gasteiger partial charge in [-0.25, -0.2) is 4.79 Å². The van der Waals surface area contributed by atoms with Crippen LogP contribution in [0.1, 0.15) is 11.1 Å². The lowest BCUT2D eigenvalue weighted by Crippen LogP contribution is -2.17. The van der Waals surface area contributed by atoms with E-state index < -0.39 is 12.0 Å². The predicted molar refractivity (Wildman–Crippen MR) is 63.3 cm³/mol. The minimum Gasteiger partial charge on any atom is -0.507 e. The van der Waals surface area contributed by atoms with Crippen LogP contribution in [0.4, 0.5) is 0 Å². The fraction of sp³-hybridized carbons (Fsp3) is 0.273. The summed E-state index contributed by atoms with van der Waals surface area (Å²) in [7, 11) is 0. The van der Waals surface area contributed by atoms with Crippen molar-refractivity contribution in [3.63, 3.8) is 0 Å². The fourth-order valence-electron chi connectivity index (χ4n) is 1.47. The number of aryl methyl sites for hydroxylation is 1. The summed E-state index contributed by atoms with van der Waals surface area (Å²) in [5.74, 6) is -0.343. The summed E-state index contributed by atoms with van der Waals surface area (Å²) in [6.45, 7) is 1.88. The third-order valence-electron chi connectivity index (χ3n) is 2.32. The molecule has 0 fully saturated rings. The van der Waals surface area contributed by atoms with Crippen LogP contribution in [-0.4, -0.2) is 33.0 Å². The Morgan fingerprint density at radius 3 is 2.88 bits per heavy atom. The molecular formula is C11H11NO3S. The van der Waals surface area contributed by atoms with Crippen molar-refractivity contribution in [2.75, 3.05) is 5.75 Å². The number of phenols is 1. The van der Waals surface area contributed by atoms with E-state index in [-0.39, 0.29) is 5.75 Å². The molecular weight excluding hydrogens is 226 g/mol. The van der Waals surface area contributed by atoms with Crippen molar-refractivity contribution in [1.82, 2.24) is 0 Å². The van der Waals surface area contributed by atoms with Crippen LogP contribution in [0.3, 0.4) is 0 Å². The van der Waals surface area contributed by atoms with Crippen molar-refractivity contribution in [2.24, 2.45) is 4.99 Å². The van der Waals surface area contributed by atoms with E-state index in [1.165, 1.54) is 11.8 Å². The van der Waals surface area contributed by atoms with Gasteiger partial charge >= 0.3 is 5.97 Å². The van der Waals surface area contributed by atoms with Crippen molar-refractivity contribution in [2.45, 2.75) is 13.0 Å². The van der Waals surface area contributed by atoms with E-state index in [0.29, 0.717) is 16.4 Å². The number of hydrogen-bond donors (Lipinski definition) is 2. The Balaban J connectivity index is 2.32. The summed E-state index contributed by atoms with van der Waals surface area (Å²) in [5, 5.41) is 19.1. The molecule has 0 unspecified atom stereocenters. The Hall–Kier alpha value is -1.49. The van der Waals surface area contributed by atoms with Crippen LogP contribution in [0.15, 0.2) is 23.2 Å². The van der Waals surface area contributed by atoms with E-state index in [1.807, 2.05) is 13.0 Å². The topological polar surface area (TPSA) is 69.9 Å². The lowest BCUT2D eigenvalue weighted by atomic mass is 10.1. The first kappa shape index (κ1) is 11.0. The molecule has 1 atom stereocenters. The van der Waals surface area contributed by atoms with Gasteiger partial charge in [0, 0.05) is 11.3 Å². The molecule has 1 aromatic carbocycles. The molecule has 16 heavy (non-hydrogen) atoms. The third kappa shape index (κ3) is 2.04. The first-order valence-corrected chi connectivity index (χ1v) is 5.80. The molecule has 0 bridgehead atoms. The largest absolute Gasteiger partial charge is 0.507 e. The lowest BCUT2D eigenvalue weighted by molar-refractivity contribution is -0.137. The van der Waals surface area contributed by atoms with Gasteiger partial charge in [-0.05, 0) is 24.6 Å². The van der Waals surface area contributed by atoms with Crippen LogP contribution in [0.2, 0.25) is 0 Å². The summed E-state index contributed by atoms with van der Waals surface area (Å²) >= 11 is 1.36. The van der Waals surface area contributed by atoms with E-state index >= 15 is 0 Å². The van der Waals surface area contributed by atoms with E-state index in [1.54, 1.807) is 12.1 Å². The molecule has 0 aliphatic carbocycles. The van der Waals surface area contributed by atoms with Crippen LogP contribution < -0.4 is 0 Å². The Labute approximate surface area is 97.0 Å². The molecule has 0 amide bonds. The summed E-state index contributed by atoms with van der Waals surface area (Å²) in [6, 6.07) is 4.58. The highest BCUT2D eigenvalue weighted by molar-refractivity contribution is 8.14. The molecule has 0 saturated heterocycles. The Bertz CT molecular complexity index is 470. The Morgan fingerprint density at radius 1 is 1.56 bits per heavy atom. The molecule has 1 heterocycles. The molecule has 1 aromatic rings. The van der Waals surface area contributed by atoms with E-state index in [0.717, 1.165) is 5.56 Å². The lowest BCUT2D eigenvalue weighted by Gasteiger charge is -2.03. The van der Waals surface area contributed by atoms with Crippen molar-refractivity contribution in [3.05, 3.63) is 29.3 Å². The monoisotopic (exact) mass is 237 g/mol. The number of carboxylic acid groups (broad SMARTS) is 1.